The molecule has 1 N–H and O–H groups in total. The van der Waals surface area contributed by atoms with Crippen molar-refractivity contribution in [1.82, 2.24) is 4.90 Å². The minimum atomic E-state index is -1.24. The molecule has 0 spiro atoms. The molecule has 0 bridgehead atoms. The number of hydrogen-bond acceptors (Lipinski definition) is 7. The first-order chi connectivity index (χ1) is 18.9. The third kappa shape index (κ3) is 6.36. The quantitative estimate of drug-likeness (QED) is 0.282. The molecule has 2 aliphatic heterocycles. The largest absolute Gasteiger partial charge is 0.489 e. The standard InChI is InChI=1S/C31H35NO7S/c1-18(2)12-14-37-27-19(3)20(4)28-24(21(27)5)11-13-31(6,39-28)17-38-23-9-7-22(8-10-23)15-25-29(35)32(16-26(33)34)30(36)40-25/h7-10,12,15H,11,13-14,16-17H2,1-6H3,(H,33,34)/b25-15-. The van der Waals surface area contributed by atoms with Crippen molar-refractivity contribution in [3.05, 3.63) is 68.6 Å². The van der Waals surface area contributed by atoms with Gasteiger partial charge in [-0.25, -0.2) is 0 Å². The molecule has 40 heavy (non-hydrogen) atoms. The molecule has 1 unspecified atom stereocenters. The van der Waals surface area contributed by atoms with Crippen LogP contribution in [0.4, 0.5) is 4.79 Å². The molecule has 0 aromatic heterocycles. The third-order valence-electron chi connectivity index (χ3n) is 7.17. The highest BCUT2D eigenvalue weighted by atomic mass is 32.2. The zero-order chi connectivity index (χ0) is 29.2. The Hall–Kier alpha value is -3.72. The molecule has 1 atom stereocenters. The summed E-state index contributed by atoms with van der Waals surface area (Å²) in [5.41, 5.74) is 5.88. The summed E-state index contributed by atoms with van der Waals surface area (Å²) in [7, 11) is 0. The maximum Gasteiger partial charge on any atom is 0.323 e. The van der Waals surface area contributed by atoms with Gasteiger partial charge in [0, 0.05) is 5.56 Å². The molecule has 0 saturated carbocycles. The molecule has 0 radical (unpaired) electrons. The monoisotopic (exact) mass is 565 g/mol. The Morgan fingerprint density at radius 1 is 1.10 bits per heavy atom. The van der Waals surface area contributed by atoms with Gasteiger partial charge in [-0.15, -0.1) is 0 Å². The number of amides is 2. The SMILES string of the molecule is CC(C)=CCOc1c(C)c(C)c2c(c1C)CCC(C)(COc1ccc(/C=C3\SC(=O)N(CC(=O)O)C3=O)cc1)O2. The number of carbonyl (C=O) groups is 3. The number of carbonyl (C=O) groups excluding carboxylic acids is 2. The highest BCUT2D eigenvalue weighted by Crippen LogP contribution is 2.44. The minimum absolute atomic E-state index is 0.188. The van der Waals surface area contributed by atoms with Crippen LogP contribution in [-0.2, 0) is 16.0 Å². The smallest absolute Gasteiger partial charge is 0.323 e. The molecule has 1 fully saturated rings. The number of fused-ring (bicyclic) bond motifs is 1. The zero-order valence-corrected chi connectivity index (χ0v) is 24.6. The van der Waals surface area contributed by atoms with Crippen molar-refractivity contribution < 1.29 is 33.7 Å². The number of imide groups is 1. The lowest BCUT2D eigenvalue weighted by Crippen LogP contribution is -2.42. The number of hydrogen-bond donors (Lipinski definition) is 1. The average molecular weight is 566 g/mol. The van der Waals surface area contributed by atoms with Gasteiger partial charge in [-0.2, -0.15) is 0 Å². The van der Waals surface area contributed by atoms with E-state index in [2.05, 4.69) is 47.6 Å². The van der Waals surface area contributed by atoms with E-state index in [1.807, 2.05) is 0 Å². The Kier molecular flexibility index (Phi) is 8.63. The van der Waals surface area contributed by atoms with Gasteiger partial charge in [-0.3, -0.25) is 19.3 Å². The van der Waals surface area contributed by atoms with E-state index >= 15 is 0 Å². The van der Waals surface area contributed by atoms with Gasteiger partial charge in [-0.05, 0) is 113 Å². The van der Waals surface area contributed by atoms with Crippen molar-refractivity contribution >= 4 is 35.0 Å². The Labute approximate surface area is 239 Å². The van der Waals surface area contributed by atoms with E-state index in [0.29, 0.717) is 24.5 Å². The molecule has 212 valence electrons. The van der Waals surface area contributed by atoms with Crippen molar-refractivity contribution in [1.29, 1.82) is 0 Å². The van der Waals surface area contributed by atoms with Crippen LogP contribution in [0, 0.1) is 20.8 Å². The second-order valence-corrected chi connectivity index (χ2v) is 11.7. The molecule has 2 aliphatic rings. The molecule has 2 amide bonds. The normalized spacial score (nSPS) is 19.4. The highest BCUT2D eigenvalue weighted by molar-refractivity contribution is 8.18. The molecule has 2 aromatic rings. The van der Waals surface area contributed by atoms with Gasteiger partial charge in [0.15, 0.2) is 0 Å². The van der Waals surface area contributed by atoms with Gasteiger partial charge in [0.2, 0.25) is 0 Å². The van der Waals surface area contributed by atoms with E-state index in [9.17, 15) is 14.4 Å². The van der Waals surface area contributed by atoms with Crippen LogP contribution in [0.15, 0.2) is 40.8 Å². The zero-order valence-electron chi connectivity index (χ0n) is 23.8. The third-order valence-corrected chi connectivity index (χ3v) is 8.08. The number of ether oxygens (including phenoxy) is 3. The van der Waals surface area contributed by atoms with Crippen LogP contribution in [0.1, 0.15) is 55.0 Å². The van der Waals surface area contributed by atoms with Gasteiger partial charge >= 0.3 is 5.97 Å². The second kappa shape index (κ2) is 11.8. The summed E-state index contributed by atoms with van der Waals surface area (Å²) >= 11 is 0.731. The van der Waals surface area contributed by atoms with Crippen LogP contribution >= 0.6 is 11.8 Å². The van der Waals surface area contributed by atoms with E-state index in [1.54, 1.807) is 30.3 Å². The van der Waals surface area contributed by atoms with Gasteiger partial charge in [-0.1, -0.05) is 17.7 Å². The van der Waals surface area contributed by atoms with Gasteiger partial charge in [0.25, 0.3) is 11.1 Å². The molecular formula is C31H35NO7S. The summed E-state index contributed by atoms with van der Waals surface area (Å²) in [6, 6.07) is 7.16. The summed E-state index contributed by atoms with van der Waals surface area (Å²) in [5, 5.41) is 8.33. The van der Waals surface area contributed by atoms with Crippen LogP contribution in [0.25, 0.3) is 6.08 Å². The molecule has 2 aromatic carbocycles. The fourth-order valence-electron chi connectivity index (χ4n) is 4.71. The van der Waals surface area contributed by atoms with Crippen LogP contribution in [0.3, 0.4) is 0 Å². The fourth-order valence-corrected chi connectivity index (χ4v) is 5.55. The Balaban J connectivity index is 1.42. The van der Waals surface area contributed by atoms with E-state index in [0.717, 1.165) is 57.7 Å². The maximum atomic E-state index is 12.4. The number of aliphatic carboxylic acids is 1. The molecule has 0 aliphatic carbocycles. The summed E-state index contributed by atoms with van der Waals surface area (Å²) in [4.78, 5) is 36.2. The van der Waals surface area contributed by atoms with Crippen LogP contribution < -0.4 is 14.2 Å². The number of thioether (sulfide) groups is 1. The first-order valence-electron chi connectivity index (χ1n) is 13.2. The van der Waals surface area contributed by atoms with Crippen molar-refractivity contribution in [3.63, 3.8) is 0 Å². The number of nitrogens with zero attached hydrogens (tertiary/aromatic N) is 1. The van der Waals surface area contributed by atoms with Crippen LogP contribution in [0.5, 0.6) is 17.2 Å². The summed E-state index contributed by atoms with van der Waals surface area (Å²) in [6.07, 6.45) is 5.30. The van der Waals surface area contributed by atoms with E-state index < -0.39 is 29.3 Å². The molecule has 9 heteroatoms. The van der Waals surface area contributed by atoms with Gasteiger partial charge in [0.05, 0.1) is 4.91 Å². The van der Waals surface area contributed by atoms with E-state index in [4.69, 9.17) is 19.3 Å². The number of allylic oxidation sites excluding steroid dienone is 1. The van der Waals surface area contributed by atoms with E-state index in [1.165, 1.54) is 11.1 Å². The van der Waals surface area contributed by atoms with Crippen molar-refractivity contribution in [2.45, 2.75) is 60.0 Å². The number of benzene rings is 2. The topological polar surface area (TPSA) is 102 Å². The second-order valence-electron chi connectivity index (χ2n) is 10.7. The van der Waals surface area contributed by atoms with E-state index in [-0.39, 0.29) is 4.91 Å². The highest BCUT2D eigenvalue weighted by Gasteiger charge is 2.37. The summed E-state index contributed by atoms with van der Waals surface area (Å²) in [6.45, 7) is 12.7. The van der Waals surface area contributed by atoms with Crippen LogP contribution in [-0.4, -0.2) is 52.5 Å². The predicted octanol–water partition coefficient (Wildman–Crippen LogP) is 6.24. The first-order valence-corrected chi connectivity index (χ1v) is 14.0. The summed E-state index contributed by atoms with van der Waals surface area (Å²) in [5.74, 6) is 0.656. The maximum absolute atomic E-state index is 12.4. The molecule has 8 nitrogen and oxygen atoms in total. The Morgan fingerprint density at radius 2 is 1.80 bits per heavy atom. The van der Waals surface area contributed by atoms with Crippen molar-refractivity contribution in [3.8, 4) is 17.2 Å². The van der Waals surface area contributed by atoms with Crippen LogP contribution in [0.2, 0.25) is 0 Å². The fraction of sp³-hybridized carbons (Fsp3) is 0.387. The molecule has 1 saturated heterocycles. The van der Waals surface area contributed by atoms with Crippen molar-refractivity contribution in [2.75, 3.05) is 19.8 Å². The minimum Gasteiger partial charge on any atom is -0.489 e. The molecular weight excluding hydrogens is 530 g/mol. The molecule has 2 heterocycles. The Morgan fingerprint density at radius 3 is 2.45 bits per heavy atom. The first kappa shape index (κ1) is 29.3. The van der Waals surface area contributed by atoms with Crippen molar-refractivity contribution in [2.24, 2.45) is 0 Å². The summed E-state index contributed by atoms with van der Waals surface area (Å²) < 4.78 is 18.8. The lowest BCUT2D eigenvalue weighted by Gasteiger charge is -2.38. The predicted molar refractivity (Wildman–Crippen MR) is 155 cm³/mol. The lowest BCUT2D eigenvalue weighted by atomic mass is 9.87. The average Bonchev–Trinajstić information content (AvgIpc) is 3.15. The molecule has 4 rings (SSSR count). The lowest BCUT2D eigenvalue weighted by molar-refractivity contribution is -0.140. The number of carboxylic acids is 1. The van der Waals surface area contributed by atoms with Gasteiger partial charge < -0.3 is 19.3 Å². The number of carboxylic acid groups (broad SMARTS) is 1. The number of rotatable bonds is 9. The Bertz CT molecular complexity index is 1410. The van der Waals surface area contributed by atoms with Gasteiger partial charge in [0.1, 0.15) is 42.6 Å².